The van der Waals surface area contributed by atoms with Gasteiger partial charge in [0.2, 0.25) is 0 Å². The Morgan fingerprint density at radius 3 is 1.43 bits per heavy atom. The highest BCUT2D eigenvalue weighted by Crippen LogP contribution is 2.91. The fourth-order valence-electron chi connectivity index (χ4n) is 13.7. The van der Waals surface area contributed by atoms with Crippen molar-refractivity contribution in [3.05, 3.63) is 107 Å². The molecular formula is C39H39NO4. The van der Waals surface area contributed by atoms with Gasteiger partial charge in [-0.25, -0.2) is 0 Å². The van der Waals surface area contributed by atoms with E-state index in [1.54, 1.807) is 14.2 Å². The quantitative estimate of drug-likeness (QED) is 0.332. The largest absolute Gasteiger partial charge is 0.468 e. The molecule has 0 unspecified atom stereocenters. The smallest absolute Gasteiger partial charge is 0.326 e. The third kappa shape index (κ3) is 2.37. The average molecular weight is 586 g/mol. The number of rotatable bonds is 4. The van der Waals surface area contributed by atoms with Crippen LogP contribution in [0.3, 0.4) is 0 Å². The highest BCUT2D eigenvalue weighted by molar-refractivity contribution is 5.94. The van der Waals surface area contributed by atoms with Gasteiger partial charge in [0, 0.05) is 30.2 Å². The summed E-state index contributed by atoms with van der Waals surface area (Å²) in [6.07, 6.45) is 2.32. The van der Waals surface area contributed by atoms with Crippen LogP contribution in [0.4, 0.5) is 0 Å². The van der Waals surface area contributed by atoms with Crippen molar-refractivity contribution in [2.75, 3.05) is 14.2 Å². The first-order valence-electron chi connectivity index (χ1n) is 16.5. The molecule has 3 aromatic carbocycles. The van der Waals surface area contributed by atoms with Crippen LogP contribution < -0.4 is 0 Å². The lowest BCUT2D eigenvalue weighted by molar-refractivity contribution is -0.164. The molecule has 2 aliphatic heterocycles. The molecule has 2 saturated heterocycles. The molecule has 7 aliphatic rings. The van der Waals surface area contributed by atoms with Crippen LogP contribution in [0.25, 0.3) is 0 Å². The van der Waals surface area contributed by atoms with E-state index in [4.69, 9.17) is 9.47 Å². The minimum Gasteiger partial charge on any atom is -0.468 e. The van der Waals surface area contributed by atoms with Gasteiger partial charge < -0.3 is 9.47 Å². The predicted octanol–water partition coefficient (Wildman–Crippen LogP) is 6.40. The van der Waals surface area contributed by atoms with Crippen molar-refractivity contribution >= 4 is 11.9 Å². The summed E-state index contributed by atoms with van der Waals surface area (Å²) < 4.78 is 12.0. The third-order valence-corrected chi connectivity index (χ3v) is 14.3. The Morgan fingerprint density at radius 1 is 0.636 bits per heavy atom. The molecule has 10 rings (SSSR count). The number of carbonyl (C=O) groups excluding carboxylic acids is 2. The fraction of sp³-hybridized carbons (Fsp3) is 0.487. The second kappa shape index (κ2) is 7.85. The van der Waals surface area contributed by atoms with E-state index in [-0.39, 0.29) is 70.1 Å². The Kier molecular flexibility index (Phi) is 4.61. The van der Waals surface area contributed by atoms with E-state index < -0.39 is 11.1 Å². The SMILES string of the molecule is COC(=O)[C@]12[C@@H]3[C@@H]([C@H]4c5ccccc5[C@@H]3C43CC3)[C@](C(=O)OC)([C@@H]3[C@H]1[C@H]1c4ccccc4[C@@H]3C1(C)C)N2Cc1ccccc1. The van der Waals surface area contributed by atoms with Gasteiger partial charge in [0.25, 0.3) is 0 Å². The molecule has 2 heterocycles. The Balaban J connectivity index is 1.33. The molecule has 0 radical (unpaired) electrons. The van der Waals surface area contributed by atoms with Gasteiger partial charge in [-0.05, 0) is 75.2 Å². The maximum absolute atomic E-state index is 15.1. The first kappa shape index (κ1) is 25.8. The molecule has 3 saturated carbocycles. The summed E-state index contributed by atoms with van der Waals surface area (Å²) in [7, 11) is 3.14. The predicted molar refractivity (Wildman–Crippen MR) is 165 cm³/mol. The second-order valence-corrected chi connectivity index (χ2v) is 15.5. The molecule has 3 aromatic rings. The molecule has 0 N–H and O–H groups in total. The molecule has 6 bridgehead atoms. The maximum Gasteiger partial charge on any atom is 0.326 e. The van der Waals surface area contributed by atoms with E-state index in [9.17, 15) is 0 Å². The van der Waals surface area contributed by atoms with Crippen LogP contribution in [0.15, 0.2) is 78.9 Å². The monoisotopic (exact) mass is 585 g/mol. The highest BCUT2D eigenvalue weighted by Gasteiger charge is 2.95. The zero-order valence-electron chi connectivity index (χ0n) is 25.8. The van der Waals surface area contributed by atoms with Crippen LogP contribution >= 0.6 is 0 Å². The molecule has 10 atom stereocenters. The number of nitrogens with zero attached hydrogens (tertiary/aromatic N) is 1. The van der Waals surface area contributed by atoms with Crippen LogP contribution in [0, 0.1) is 34.5 Å². The van der Waals surface area contributed by atoms with Gasteiger partial charge in [0.1, 0.15) is 11.1 Å². The van der Waals surface area contributed by atoms with Gasteiger partial charge in [-0.2, -0.15) is 0 Å². The van der Waals surface area contributed by atoms with Crippen LogP contribution in [-0.2, 0) is 25.6 Å². The molecule has 5 aliphatic carbocycles. The fourth-order valence-corrected chi connectivity index (χ4v) is 13.7. The highest BCUT2D eigenvalue weighted by atomic mass is 16.5. The second-order valence-electron chi connectivity index (χ2n) is 15.5. The molecule has 5 nitrogen and oxygen atoms in total. The number of methoxy groups -OCH3 is 2. The minimum absolute atomic E-state index is 0.0104. The van der Waals surface area contributed by atoms with Gasteiger partial charge in [0.15, 0.2) is 0 Å². The van der Waals surface area contributed by atoms with Crippen LogP contribution in [0.5, 0.6) is 0 Å². The molecule has 5 fully saturated rings. The molecule has 1 spiro atoms. The average Bonchev–Trinajstić information content (AvgIpc) is 3.32. The number of ether oxygens (including phenoxy) is 2. The number of esters is 2. The first-order valence-corrected chi connectivity index (χ1v) is 16.5. The number of fused-ring (bicyclic) bond motifs is 20. The van der Waals surface area contributed by atoms with Gasteiger partial charge in [-0.3, -0.25) is 14.5 Å². The topological polar surface area (TPSA) is 55.8 Å². The number of hydrogen-bond donors (Lipinski definition) is 0. The van der Waals surface area contributed by atoms with Gasteiger partial charge in [-0.1, -0.05) is 92.7 Å². The van der Waals surface area contributed by atoms with Gasteiger partial charge in [0.05, 0.1) is 14.2 Å². The van der Waals surface area contributed by atoms with Crippen molar-refractivity contribution in [3.63, 3.8) is 0 Å². The summed E-state index contributed by atoms with van der Waals surface area (Å²) in [5, 5.41) is 0. The first-order chi connectivity index (χ1) is 21.3. The summed E-state index contributed by atoms with van der Waals surface area (Å²) >= 11 is 0. The van der Waals surface area contributed by atoms with Crippen LogP contribution in [0.1, 0.15) is 78.2 Å². The molecule has 5 heteroatoms. The van der Waals surface area contributed by atoms with Crippen molar-refractivity contribution < 1.29 is 19.1 Å². The van der Waals surface area contributed by atoms with Crippen molar-refractivity contribution in [2.45, 2.75) is 68.0 Å². The standard InChI is InChI=1S/C39H39NO4/c1-36(2)26-22-14-8-9-15-23(22)27(36)31-30(26)38(34(41)43-3)32-28-24-16-10-11-17-25(24)29(37(28)18-19-37)33(32)39(31,35(42)44-4)40(38)20-21-12-6-5-7-13-21/h5-17,26-33H,18-20H2,1-4H3/t26-,27+,28+,29-,30-,31+,32+,33-,38-,39+. The minimum atomic E-state index is -0.944. The van der Waals surface area contributed by atoms with Crippen molar-refractivity contribution in [2.24, 2.45) is 34.5 Å². The summed E-state index contributed by atoms with van der Waals surface area (Å²) in [6, 6.07) is 28.3. The summed E-state index contributed by atoms with van der Waals surface area (Å²) in [5.41, 5.74) is 4.78. The van der Waals surface area contributed by atoms with Gasteiger partial charge in [-0.15, -0.1) is 0 Å². The Morgan fingerprint density at radius 2 is 1.02 bits per heavy atom. The van der Waals surface area contributed by atoms with E-state index in [0.29, 0.717) is 6.54 Å². The zero-order chi connectivity index (χ0) is 30.0. The van der Waals surface area contributed by atoms with Crippen molar-refractivity contribution in [1.82, 2.24) is 4.90 Å². The van der Waals surface area contributed by atoms with E-state index in [1.165, 1.54) is 22.3 Å². The van der Waals surface area contributed by atoms with Crippen LogP contribution in [-0.4, -0.2) is 42.1 Å². The van der Waals surface area contributed by atoms with E-state index in [2.05, 4.69) is 91.5 Å². The molecular weight excluding hydrogens is 546 g/mol. The summed E-state index contributed by atoms with van der Waals surface area (Å²) in [5.74, 6) is 0.338. The van der Waals surface area contributed by atoms with Gasteiger partial charge >= 0.3 is 11.9 Å². The van der Waals surface area contributed by atoms with E-state index >= 15 is 9.59 Å². The van der Waals surface area contributed by atoms with Crippen LogP contribution in [0.2, 0.25) is 0 Å². The normalized spacial score (nSPS) is 41.3. The Bertz CT molecular complexity index is 1600. The third-order valence-electron chi connectivity index (χ3n) is 14.3. The number of carbonyl (C=O) groups is 2. The molecule has 0 amide bonds. The van der Waals surface area contributed by atoms with E-state index in [0.717, 1.165) is 18.4 Å². The lowest BCUT2D eigenvalue weighted by Crippen LogP contribution is -2.60. The Labute approximate surface area is 258 Å². The van der Waals surface area contributed by atoms with Crippen molar-refractivity contribution in [3.8, 4) is 0 Å². The maximum atomic E-state index is 15.1. The number of hydrogen-bond acceptors (Lipinski definition) is 5. The lowest BCUT2D eigenvalue weighted by Gasteiger charge is -2.51. The zero-order valence-corrected chi connectivity index (χ0v) is 25.8. The lowest BCUT2D eigenvalue weighted by atomic mass is 9.49. The molecule has 224 valence electrons. The Hall–Kier alpha value is -3.44. The summed E-state index contributed by atoms with van der Waals surface area (Å²) in [4.78, 5) is 32.7. The molecule has 0 aromatic heterocycles. The number of benzene rings is 3. The van der Waals surface area contributed by atoms with E-state index in [1.807, 2.05) is 6.07 Å². The summed E-state index contributed by atoms with van der Waals surface area (Å²) in [6.45, 7) is 5.29. The van der Waals surface area contributed by atoms with Crippen molar-refractivity contribution in [1.29, 1.82) is 0 Å². The molecule has 44 heavy (non-hydrogen) atoms.